The molecule has 0 aliphatic rings. The molecule has 0 saturated carbocycles. The number of aromatic nitrogens is 2. The van der Waals surface area contributed by atoms with Crippen LogP contribution in [0.2, 0.25) is 0 Å². The molecule has 7 aromatic heterocycles. The molecular weight excluding hydrogens is 749 g/mol. The maximum atomic E-state index is 14.3. The highest BCUT2D eigenvalue weighted by atomic mass is 32.1. The number of hydrogen-bond donors (Lipinski definition) is 0. The van der Waals surface area contributed by atoms with Gasteiger partial charge in [0, 0.05) is 31.3 Å². The first-order chi connectivity index (χ1) is 26.9. The molecule has 55 heavy (non-hydrogen) atoms. The molecule has 0 aliphatic carbocycles. The van der Waals surface area contributed by atoms with Gasteiger partial charge in [-0.1, -0.05) is 90.2 Å². The third-order valence-corrected chi connectivity index (χ3v) is 14.4. The van der Waals surface area contributed by atoms with Crippen LogP contribution < -0.4 is 11.1 Å². The van der Waals surface area contributed by atoms with Crippen LogP contribution in [0.25, 0.3) is 62.4 Å². The van der Waals surface area contributed by atoms with E-state index in [1.54, 1.807) is 31.5 Å². The van der Waals surface area contributed by atoms with Crippen LogP contribution in [0.1, 0.15) is 113 Å². The Bertz CT molecular complexity index is 2560. The number of pyridine rings is 2. The van der Waals surface area contributed by atoms with Crippen LogP contribution in [0.15, 0.2) is 46.0 Å². The van der Waals surface area contributed by atoms with Crippen LogP contribution in [0.4, 0.5) is 0 Å². The minimum atomic E-state index is -0.180. The lowest BCUT2D eigenvalue weighted by molar-refractivity contribution is -0.144. The van der Waals surface area contributed by atoms with Crippen molar-refractivity contribution in [1.82, 2.24) is 8.80 Å². The molecule has 0 bridgehead atoms. The Morgan fingerprint density at radius 1 is 0.545 bits per heavy atom. The summed E-state index contributed by atoms with van der Waals surface area (Å²) in [6, 6.07) is 12.4. The average Bonchev–Trinajstić information content (AvgIpc) is 4.00. The second-order valence-corrected chi connectivity index (χ2v) is 18.3. The van der Waals surface area contributed by atoms with Gasteiger partial charge in [0.05, 0.1) is 57.5 Å². The van der Waals surface area contributed by atoms with Gasteiger partial charge in [-0.15, -0.1) is 34.0 Å². The van der Waals surface area contributed by atoms with Gasteiger partial charge in [-0.05, 0) is 49.9 Å². The predicted octanol–water partition coefficient (Wildman–Crippen LogP) is 11.4. The summed E-state index contributed by atoms with van der Waals surface area (Å²) in [5.41, 5.74) is 3.11. The van der Waals surface area contributed by atoms with E-state index in [2.05, 4.69) is 38.1 Å². The van der Waals surface area contributed by atoms with E-state index >= 15 is 0 Å². The van der Waals surface area contributed by atoms with Crippen LogP contribution >= 0.6 is 34.0 Å². The summed E-state index contributed by atoms with van der Waals surface area (Å²) in [5.74, 6) is -0.359. The van der Waals surface area contributed by atoms with Crippen LogP contribution in [-0.4, -0.2) is 34.0 Å². The summed E-state index contributed by atoms with van der Waals surface area (Å²) >= 11 is 4.52. The monoisotopic (exact) mass is 796 g/mol. The molecule has 8 rings (SSSR count). The quantitative estimate of drug-likeness (QED) is 0.0433. The Balaban J connectivity index is 1.01. The van der Waals surface area contributed by atoms with Crippen LogP contribution in [-0.2, 0) is 31.9 Å². The molecule has 11 heteroatoms. The molecule has 8 nitrogen and oxygen atoms in total. The Labute approximate surface area is 331 Å². The van der Waals surface area contributed by atoms with E-state index in [9.17, 15) is 19.2 Å². The van der Waals surface area contributed by atoms with E-state index in [1.165, 1.54) is 62.7 Å². The fraction of sp³-hybridized carbons (Fsp3) is 0.455. The molecule has 0 spiro atoms. The fourth-order valence-corrected chi connectivity index (χ4v) is 11.5. The molecule has 0 fully saturated rings. The van der Waals surface area contributed by atoms with E-state index in [0.29, 0.717) is 48.3 Å². The van der Waals surface area contributed by atoms with E-state index < -0.39 is 0 Å². The molecular formula is C44H48N2O6S3. The standard InChI is InChI=1S/C44H48N2O6S3/c1-3-5-7-9-11-13-21-51-37(47)19-15-27-23-33-35(53-27)25-31-29-17-18-30-32-26-36-34(24-28(54-36)16-20-38(48)52-22-14-12-10-8-6-4-2)46(32)44(50)42-40(30)39(29)41(55-42)43(49)45(31)33/h17-18,23-26H,3-16,19-22H2,1-2H3. The first-order valence-corrected chi connectivity index (χ1v) is 22.6. The number of rotatable bonds is 20. The zero-order valence-electron chi connectivity index (χ0n) is 31.8. The highest BCUT2D eigenvalue weighted by Gasteiger charge is 2.25. The summed E-state index contributed by atoms with van der Waals surface area (Å²) in [5, 5.41) is 3.63. The Morgan fingerprint density at radius 2 is 0.964 bits per heavy atom. The normalized spacial score (nSPS) is 12.3. The maximum absolute atomic E-state index is 14.3. The number of esters is 2. The lowest BCUT2D eigenvalue weighted by Gasteiger charge is -2.07. The van der Waals surface area contributed by atoms with Gasteiger partial charge in [0.25, 0.3) is 11.1 Å². The maximum Gasteiger partial charge on any atom is 0.306 e. The Morgan fingerprint density at radius 3 is 1.40 bits per heavy atom. The number of benzene rings is 1. The second-order valence-electron chi connectivity index (χ2n) is 14.9. The van der Waals surface area contributed by atoms with Gasteiger partial charge >= 0.3 is 11.9 Å². The Kier molecular flexibility index (Phi) is 11.4. The van der Waals surface area contributed by atoms with Crippen LogP contribution in [0.3, 0.4) is 0 Å². The first-order valence-electron chi connectivity index (χ1n) is 20.2. The zero-order chi connectivity index (χ0) is 38.1. The molecule has 1 aromatic carbocycles. The summed E-state index contributed by atoms with van der Waals surface area (Å²) in [4.78, 5) is 55.6. The molecule has 8 aromatic rings. The minimum Gasteiger partial charge on any atom is -0.466 e. The fourth-order valence-electron chi connectivity index (χ4n) is 8.11. The van der Waals surface area contributed by atoms with Gasteiger partial charge < -0.3 is 9.47 Å². The van der Waals surface area contributed by atoms with Crippen molar-refractivity contribution in [2.75, 3.05) is 13.2 Å². The van der Waals surface area contributed by atoms with E-state index in [1.807, 2.05) is 12.1 Å². The second kappa shape index (κ2) is 16.6. The molecule has 0 atom stereocenters. The number of thiophene rings is 3. The number of nitrogens with zero attached hydrogens (tertiary/aromatic N) is 2. The number of ether oxygens (including phenoxy) is 2. The van der Waals surface area contributed by atoms with Gasteiger partial charge in [-0.25, -0.2) is 0 Å². The third kappa shape index (κ3) is 7.35. The van der Waals surface area contributed by atoms with Crippen molar-refractivity contribution < 1.29 is 19.1 Å². The number of unbranched alkanes of at least 4 members (excludes halogenated alkanes) is 10. The van der Waals surface area contributed by atoms with Crippen LogP contribution in [0.5, 0.6) is 0 Å². The topological polar surface area (TPSA) is 95.6 Å². The van der Waals surface area contributed by atoms with Crippen molar-refractivity contribution in [2.24, 2.45) is 0 Å². The van der Waals surface area contributed by atoms with Crippen molar-refractivity contribution in [2.45, 2.75) is 117 Å². The summed E-state index contributed by atoms with van der Waals surface area (Å²) < 4.78 is 17.7. The number of carbonyl (C=O) groups is 2. The summed E-state index contributed by atoms with van der Waals surface area (Å²) in [6.45, 7) is 5.36. The van der Waals surface area contributed by atoms with Gasteiger partial charge in [0.1, 0.15) is 9.40 Å². The van der Waals surface area contributed by atoms with Crippen molar-refractivity contribution in [3.63, 3.8) is 0 Å². The van der Waals surface area contributed by atoms with Gasteiger partial charge in [0.2, 0.25) is 0 Å². The average molecular weight is 797 g/mol. The van der Waals surface area contributed by atoms with Crippen molar-refractivity contribution in [3.8, 4) is 0 Å². The van der Waals surface area contributed by atoms with Gasteiger partial charge in [-0.2, -0.15) is 0 Å². The molecule has 0 aliphatic heterocycles. The molecule has 0 N–H and O–H groups in total. The first kappa shape index (κ1) is 37.8. The number of fused-ring (bicyclic) bond motifs is 8. The smallest absolute Gasteiger partial charge is 0.306 e. The zero-order valence-corrected chi connectivity index (χ0v) is 34.2. The SMILES string of the molecule is CCCCCCCCOC(=O)CCc1cc2c(cc3c4ccc5c6c(sc(c(=O)n23)c46)c(=O)n2c3cc(CCC(=O)OCCCCCCCC)sc3cc52)s1. The number of aryl methyl sites for hydroxylation is 2. The highest BCUT2D eigenvalue weighted by Crippen LogP contribution is 2.43. The third-order valence-electron chi connectivity index (χ3n) is 11.0. The van der Waals surface area contributed by atoms with E-state index in [0.717, 1.165) is 88.4 Å². The summed E-state index contributed by atoms with van der Waals surface area (Å²) in [7, 11) is 0. The molecule has 0 unspecified atom stereocenters. The molecule has 0 radical (unpaired) electrons. The minimum absolute atomic E-state index is 0.121. The highest BCUT2D eigenvalue weighted by molar-refractivity contribution is 7.26. The van der Waals surface area contributed by atoms with E-state index in [-0.39, 0.29) is 23.1 Å². The predicted molar refractivity (Wildman–Crippen MR) is 230 cm³/mol. The largest absolute Gasteiger partial charge is 0.466 e. The molecule has 0 amide bonds. The lowest BCUT2D eigenvalue weighted by atomic mass is 10.0. The summed E-state index contributed by atoms with van der Waals surface area (Å²) in [6.07, 6.45) is 15.6. The Hall–Kier alpha value is -4.06. The lowest BCUT2D eigenvalue weighted by Crippen LogP contribution is -2.11. The van der Waals surface area contributed by atoms with Crippen molar-refractivity contribution in [3.05, 3.63) is 66.9 Å². The van der Waals surface area contributed by atoms with E-state index in [4.69, 9.17) is 9.47 Å². The van der Waals surface area contributed by atoms with Crippen molar-refractivity contribution in [1.29, 1.82) is 0 Å². The van der Waals surface area contributed by atoms with Gasteiger partial charge in [-0.3, -0.25) is 28.0 Å². The number of carbonyl (C=O) groups excluding carboxylic acids is 2. The molecule has 7 heterocycles. The van der Waals surface area contributed by atoms with Crippen molar-refractivity contribution >= 4 is 108 Å². The van der Waals surface area contributed by atoms with Crippen LogP contribution in [0, 0.1) is 0 Å². The van der Waals surface area contributed by atoms with Gasteiger partial charge in [0.15, 0.2) is 0 Å². The molecule has 0 saturated heterocycles. The number of hydrogen-bond acceptors (Lipinski definition) is 9. The molecule has 288 valence electrons.